The van der Waals surface area contributed by atoms with Crippen molar-refractivity contribution in [1.82, 2.24) is 34.1 Å². The second kappa shape index (κ2) is 9.02. The Hall–Kier alpha value is -4.48. The highest BCUT2D eigenvalue weighted by atomic mass is 19.4. The standard InChI is InChI=1S/C29H28F3N9/c1-39-14-17-11-19(24(15-7-8-15)35-27(17)38-39)28-36-25(26(40(28)2)16-9-10-16)18-5-4-6-21(33)20(18)13-34-23-12-22(29(30,31)32)41(3)37-23/h4-6,11-16H,7-10,33H2,1-3H3. The zero-order chi connectivity index (χ0) is 28.6. The smallest absolute Gasteiger partial charge is 0.398 e. The van der Waals surface area contributed by atoms with Crippen molar-refractivity contribution < 1.29 is 13.2 Å². The van der Waals surface area contributed by atoms with Crippen molar-refractivity contribution in [2.45, 2.75) is 43.7 Å². The molecule has 2 aliphatic rings. The number of anilines is 1. The van der Waals surface area contributed by atoms with Crippen molar-refractivity contribution in [3.8, 4) is 22.6 Å². The van der Waals surface area contributed by atoms with Crippen LogP contribution in [0, 0.1) is 0 Å². The molecule has 0 atom stereocenters. The molecule has 0 unspecified atom stereocenters. The summed E-state index contributed by atoms with van der Waals surface area (Å²) in [5, 5.41) is 9.39. The number of pyridine rings is 1. The first-order chi connectivity index (χ1) is 19.6. The molecule has 41 heavy (non-hydrogen) atoms. The molecule has 0 amide bonds. The molecule has 4 aromatic heterocycles. The summed E-state index contributed by atoms with van der Waals surface area (Å²) in [6.07, 6.45) is 3.21. The largest absolute Gasteiger partial charge is 0.433 e. The van der Waals surface area contributed by atoms with Crippen molar-refractivity contribution in [3.05, 3.63) is 59.2 Å². The van der Waals surface area contributed by atoms with Crippen molar-refractivity contribution in [3.63, 3.8) is 0 Å². The van der Waals surface area contributed by atoms with Gasteiger partial charge in [0.2, 0.25) is 0 Å². The van der Waals surface area contributed by atoms with Crippen molar-refractivity contribution in [2.75, 3.05) is 5.73 Å². The molecule has 210 valence electrons. The fourth-order valence-electron chi connectivity index (χ4n) is 5.55. The first kappa shape index (κ1) is 25.5. The van der Waals surface area contributed by atoms with E-state index in [1.807, 2.05) is 32.4 Å². The monoisotopic (exact) mass is 559 g/mol. The molecule has 0 spiro atoms. The summed E-state index contributed by atoms with van der Waals surface area (Å²) in [7, 11) is 5.17. The van der Waals surface area contributed by atoms with Crippen molar-refractivity contribution >= 4 is 28.8 Å². The van der Waals surface area contributed by atoms with Crippen LogP contribution in [0.1, 0.15) is 60.2 Å². The average Bonchev–Trinajstić information content (AvgIpc) is 3.83. The van der Waals surface area contributed by atoms with Crippen LogP contribution in [0.25, 0.3) is 33.7 Å². The highest BCUT2D eigenvalue weighted by molar-refractivity contribution is 5.97. The van der Waals surface area contributed by atoms with Crippen LogP contribution >= 0.6 is 0 Å². The summed E-state index contributed by atoms with van der Waals surface area (Å²) in [4.78, 5) is 14.5. The summed E-state index contributed by atoms with van der Waals surface area (Å²) in [5.74, 6) is 1.51. The molecule has 7 rings (SSSR count). The number of aromatic nitrogens is 7. The molecule has 0 bridgehead atoms. The van der Waals surface area contributed by atoms with Crippen LogP contribution in [-0.4, -0.2) is 40.3 Å². The number of benzene rings is 1. The molecule has 12 heteroatoms. The van der Waals surface area contributed by atoms with Crippen LogP contribution < -0.4 is 5.73 Å². The second-order valence-corrected chi connectivity index (χ2v) is 11.0. The number of halogens is 3. The van der Waals surface area contributed by atoms with E-state index in [2.05, 4.69) is 25.8 Å². The van der Waals surface area contributed by atoms with Gasteiger partial charge in [-0.25, -0.2) is 15.0 Å². The van der Waals surface area contributed by atoms with Crippen LogP contribution in [0.3, 0.4) is 0 Å². The maximum atomic E-state index is 13.3. The molecule has 2 fully saturated rings. The molecule has 2 N–H and O–H groups in total. The molecule has 0 aliphatic heterocycles. The lowest BCUT2D eigenvalue weighted by atomic mass is 10.0. The van der Waals surface area contributed by atoms with E-state index >= 15 is 0 Å². The molecule has 1 aromatic carbocycles. The first-order valence-electron chi connectivity index (χ1n) is 13.5. The number of nitrogen functional groups attached to an aromatic ring is 1. The van der Waals surface area contributed by atoms with Gasteiger partial charge < -0.3 is 10.3 Å². The fourth-order valence-corrected chi connectivity index (χ4v) is 5.55. The minimum absolute atomic E-state index is 0.0527. The van der Waals surface area contributed by atoms with Gasteiger partial charge in [-0.2, -0.15) is 23.4 Å². The minimum Gasteiger partial charge on any atom is -0.398 e. The van der Waals surface area contributed by atoms with E-state index in [0.29, 0.717) is 23.1 Å². The van der Waals surface area contributed by atoms with Crippen LogP contribution in [-0.2, 0) is 27.3 Å². The third-order valence-electron chi connectivity index (χ3n) is 7.83. The Morgan fingerprint density at radius 1 is 0.976 bits per heavy atom. The van der Waals surface area contributed by atoms with Crippen LogP contribution in [0.15, 0.2) is 41.5 Å². The van der Waals surface area contributed by atoms with Gasteiger partial charge in [0, 0.05) is 84.9 Å². The third kappa shape index (κ3) is 4.47. The summed E-state index contributed by atoms with van der Waals surface area (Å²) in [6, 6.07) is 8.59. The number of aliphatic imine (C=N–C) groups is 1. The molecular weight excluding hydrogens is 531 g/mol. The van der Waals surface area contributed by atoms with E-state index in [1.54, 1.807) is 10.7 Å². The number of nitrogens with two attached hydrogens (primary N) is 1. The number of imidazole rings is 1. The Balaban J connectivity index is 1.37. The Labute approximate surface area is 233 Å². The zero-order valence-corrected chi connectivity index (χ0v) is 22.8. The Kier molecular flexibility index (Phi) is 5.60. The van der Waals surface area contributed by atoms with Crippen LogP contribution in [0.4, 0.5) is 24.7 Å². The molecule has 5 aromatic rings. The van der Waals surface area contributed by atoms with Gasteiger partial charge in [-0.1, -0.05) is 12.1 Å². The number of alkyl halides is 3. The molecule has 4 heterocycles. The lowest BCUT2D eigenvalue weighted by Gasteiger charge is -2.10. The fraction of sp³-hybridized carbons (Fsp3) is 0.345. The molecule has 0 saturated heterocycles. The van der Waals surface area contributed by atoms with E-state index in [1.165, 1.54) is 13.3 Å². The molecular formula is C29H28F3N9. The predicted molar refractivity (Wildman–Crippen MR) is 150 cm³/mol. The highest BCUT2D eigenvalue weighted by Crippen LogP contribution is 2.49. The lowest BCUT2D eigenvalue weighted by molar-refractivity contribution is -0.143. The second-order valence-electron chi connectivity index (χ2n) is 11.0. The predicted octanol–water partition coefficient (Wildman–Crippen LogP) is 5.88. The Morgan fingerprint density at radius 2 is 1.73 bits per heavy atom. The quantitative estimate of drug-likeness (QED) is 0.207. The normalized spacial score (nSPS) is 16.0. The molecule has 2 saturated carbocycles. The molecule has 2 aliphatic carbocycles. The van der Waals surface area contributed by atoms with Crippen LogP contribution in [0.2, 0.25) is 0 Å². The third-order valence-corrected chi connectivity index (χ3v) is 7.83. The van der Waals surface area contributed by atoms with Gasteiger partial charge in [0.1, 0.15) is 11.5 Å². The topological polar surface area (TPSA) is 105 Å². The van der Waals surface area contributed by atoms with E-state index < -0.39 is 11.9 Å². The van der Waals surface area contributed by atoms with Crippen molar-refractivity contribution in [2.24, 2.45) is 26.1 Å². The number of hydrogen-bond donors (Lipinski definition) is 1. The number of aryl methyl sites for hydroxylation is 2. The van der Waals surface area contributed by atoms with Gasteiger partial charge in [-0.15, -0.1) is 0 Å². The van der Waals surface area contributed by atoms with E-state index in [4.69, 9.17) is 15.7 Å². The zero-order valence-electron chi connectivity index (χ0n) is 22.8. The minimum atomic E-state index is -4.52. The van der Waals surface area contributed by atoms with E-state index in [0.717, 1.165) is 81.5 Å². The maximum Gasteiger partial charge on any atom is 0.433 e. The average molecular weight is 560 g/mol. The number of rotatable bonds is 6. The number of fused-ring (bicyclic) bond motifs is 1. The van der Waals surface area contributed by atoms with Gasteiger partial charge in [0.15, 0.2) is 11.5 Å². The van der Waals surface area contributed by atoms with E-state index in [-0.39, 0.29) is 5.82 Å². The molecule has 0 radical (unpaired) electrons. The maximum absolute atomic E-state index is 13.3. The summed E-state index contributed by atoms with van der Waals surface area (Å²) < 4.78 is 44.6. The SMILES string of the molecule is Cn1cc2cc(-c3nc(-c4cccc(N)c4C=Nc4cc(C(F)(F)F)n(C)n4)c(C4CC4)n3C)c(C3CC3)nc2n1. The Bertz CT molecular complexity index is 1850. The van der Waals surface area contributed by atoms with Gasteiger partial charge >= 0.3 is 6.18 Å². The number of hydrogen-bond acceptors (Lipinski definition) is 6. The molecule has 9 nitrogen and oxygen atoms in total. The van der Waals surface area contributed by atoms with Crippen molar-refractivity contribution in [1.29, 1.82) is 0 Å². The van der Waals surface area contributed by atoms with Gasteiger partial charge in [-0.3, -0.25) is 9.36 Å². The summed E-state index contributed by atoms with van der Waals surface area (Å²) >= 11 is 0. The Morgan fingerprint density at radius 3 is 2.41 bits per heavy atom. The van der Waals surface area contributed by atoms with Gasteiger partial charge in [-0.05, 0) is 37.8 Å². The number of nitrogens with zero attached hydrogens (tertiary/aromatic N) is 8. The highest BCUT2D eigenvalue weighted by Gasteiger charge is 2.36. The first-order valence-corrected chi connectivity index (χ1v) is 13.5. The summed E-state index contributed by atoms with van der Waals surface area (Å²) in [6.45, 7) is 0. The van der Waals surface area contributed by atoms with E-state index in [9.17, 15) is 13.2 Å². The summed E-state index contributed by atoms with van der Waals surface area (Å²) in [5.41, 5.74) is 12.0. The van der Waals surface area contributed by atoms with Crippen LogP contribution in [0.5, 0.6) is 0 Å². The van der Waals surface area contributed by atoms with Gasteiger partial charge in [0.05, 0.1) is 11.4 Å². The lowest BCUT2D eigenvalue weighted by Crippen LogP contribution is -2.11. The van der Waals surface area contributed by atoms with Gasteiger partial charge in [0.25, 0.3) is 0 Å².